The number of aliphatic hydroxyl groups is 1. The number of hydrogen-bond donors (Lipinski definition) is 3. The number of rotatable bonds is 7. The van der Waals surface area contributed by atoms with Gasteiger partial charge >= 0.3 is 0 Å². The molecule has 14 heteroatoms. The van der Waals surface area contributed by atoms with Crippen LogP contribution < -0.4 is 10.2 Å². The molecule has 3 fully saturated rings. The molecule has 3 N–H and O–H groups in total. The number of aromatic amines is 1. The van der Waals surface area contributed by atoms with E-state index in [0.29, 0.717) is 49.2 Å². The molecule has 3 aromatic rings. The molecule has 0 spiro atoms. The van der Waals surface area contributed by atoms with E-state index >= 15 is 0 Å². The van der Waals surface area contributed by atoms with Gasteiger partial charge in [0.25, 0.3) is 10.2 Å². The highest BCUT2D eigenvalue weighted by atomic mass is 32.2. The summed E-state index contributed by atoms with van der Waals surface area (Å²) in [5, 5.41) is 31.5. The zero-order valence-corrected chi connectivity index (χ0v) is 22.0. The van der Waals surface area contributed by atoms with E-state index in [-0.39, 0.29) is 30.7 Å². The van der Waals surface area contributed by atoms with Crippen LogP contribution in [0, 0.1) is 17.2 Å². The lowest BCUT2D eigenvalue weighted by molar-refractivity contribution is 0.0930. The molecule has 6 heterocycles. The molecule has 0 aromatic carbocycles. The second-order valence-electron chi connectivity index (χ2n) is 10.0. The maximum atomic E-state index is 13.4. The highest BCUT2D eigenvalue weighted by Crippen LogP contribution is 2.40. The van der Waals surface area contributed by atoms with Crippen molar-refractivity contribution in [2.75, 3.05) is 30.4 Å². The summed E-state index contributed by atoms with van der Waals surface area (Å²) in [6.45, 7) is 0.449. The molecule has 3 aliphatic rings. The van der Waals surface area contributed by atoms with Crippen LogP contribution in [0.15, 0.2) is 17.5 Å². The fourth-order valence-corrected chi connectivity index (χ4v) is 8.63. The number of aliphatic hydroxyl groups excluding tert-OH is 1. The van der Waals surface area contributed by atoms with E-state index in [0.717, 1.165) is 29.5 Å². The Bertz CT molecular complexity index is 1430. The molecule has 0 radical (unpaired) electrons. The van der Waals surface area contributed by atoms with Crippen LogP contribution in [0.1, 0.15) is 37.8 Å². The summed E-state index contributed by atoms with van der Waals surface area (Å²) in [7, 11) is -1.59. The first-order valence-electron chi connectivity index (χ1n) is 12.5. The lowest BCUT2D eigenvalue weighted by Gasteiger charge is -2.51. The Labute approximate surface area is 219 Å². The molecule has 6 rings (SSSR count). The summed E-state index contributed by atoms with van der Waals surface area (Å²) in [5.41, 5.74) is 0.602. The predicted molar refractivity (Wildman–Crippen MR) is 139 cm³/mol. The van der Waals surface area contributed by atoms with Crippen LogP contribution in [-0.2, 0) is 16.8 Å². The fourth-order valence-electron chi connectivity index (χ4n) is 5.73. The van der Waals surface area contributed by atoms with E-state index in [1.807, 2.05) is 18.5 Å². The highest BCUT2D eigenvalue weighted by molar-refractivity contribution is 7.86. The van der Waals surface area contributed by atoms with Gasteiger partial charge in [0.2, 0.25) is 5.95 Å². The van der Waals surface area contributed by atoms with E-state index < -0.39 is 10.2 Å². The number of anilines is 3. The van der Waals surface area contributed by atoms with Crippen LogP contribution in [0.3, 0.4) is 0 Å². The molecule has 0 saturated carbocycles. The molecule has 37 heavy (non-hydrogen) atoms. The quantitative estimate of drug-likeness (QED) is 0.407. The van der Waals surface area contributed by atoms with Gasteiger partial charge in [-0.05, 0) is 37.1 Å². The topological polar surface area (TPSA) is 154 Å². The van der Waals surface area contributed by atoms with E-state index in [1.54, 1.807) is 10.4 Å². The Morgan fingerprint density at radius 1 is 1.30 bits per heavy atom. The number of hydrogen-bond acceptors (Lipinski definition) is 10. The largest absolute Gasteiger partial charge is 0.390 e. The summed E-state index contributed by atoms with van der Waals surface area (Å²) >= 11 is 1.53. The molecule has 3 aromatic heterocycles. The monoisotopic (exact) mass is 543 g/mol. The SMILES string of the molecule is CN(c1nc(Nc2cc(CO)[nH]n2)c2ccsc2n1)[C@@H]1C[C@H]2CCC[C@@H](C1)N2S(=O)(=O)N1CC(C#N)C1. The van der Waals surface area contributed by atoms with Crippen molar-refractivity contribution in [3.05, 3.63) is 23.2 Å². The second-order valence-corrected chi connectivity index (χ2v) is 12.8. The molecule has 3 atom stereocenters. The zero-order chi connectivity index (χ0) is 25.7. The fraction of sp³-hybridized carbons (Fsp3) is 0.565. The summed E-state index contributed by atoms with van der Waals surface area (Å²) in [5.74, 6) is 1.56. The molecule has 0 amide bonds. The first kappa shape index (κ1) is 24.5. The van der Waals surface area contributed by atoms with Gasteiger partial charge in [-0.1, -0.05) is 6.42 Å². The molecule has 0 unspecified atom stereocenters. The summed E-state index contributed by atoms with van der Waals surface area (Å²) in [6.07, 6.45) is 4.09. The maximum Gasteiger partial charge on any atom is 0.282 e. The first-order chi connectivity index (χ1) is 17.9. The molecule has 0 aliphatic carbocycles. The lowest BCUT2D eigenvalue weighted by Crippen LogP contribution is -2.64. The third kappa shape index (κ3) is 4.34. The summed E-state index contributed by atoms with van der Waals surface area (Å²) in [6, 6.07) is 5.81. The van der Waals surface area contributed by atoms with E-state index in [1.165, 1.54) is 15.6 Å². The number of H-pyrrole nitrogens is 1. The minimum atomic E-state index is -3.57. The summed E-state index contributed by atoms with van der Waals surface area (Å²) < 4.78 is 30.0. The van der Waals surface area contributed by atoms with Gasteiger partial charge in [0.15, 0.2) is 5.82 Å². The van der Waals surface area contributed by atoms with E-state index in [2.05, 4.69) is 26.5 Å². The maximum absolute atomic E-state index is 13.4. The van der Waals surface area contributed by atoms with E-state index in [4.69, 9.17) is 15.2 Å². The minimum absolute atomic E-state index is 0.0740. The van der Waals surface area contributed by atoms with Crippen molar-refractivity contribution in [2.45, 2.75) is 56.8 Å². The van der Waals surface area contributed by atoms with Gasteiger partial charge in [-0.2, -0.15) is 32.4 Å². The number of nitriles is 1. The summed E-state index contributed by atoms with van der Waals surface area (Å²) in [4.78, 5) is 12.6. The van der Waals surface area contributed by atoms with Crippen molar-refractivity contribution in [1.82, 2.24) is 28.8 Å². The van der Waals surface area contributed by atoms with Crippen LogP contribution in [0.4, 0.5) is 17.6 Å². The number of nitrogens with one attached hydrogen (secondary N) is 2. The molecule has 2 bridgehead atoms. The van der Waals surface area contributed by atoms with Crippen LogP contribution in [0.2, 0.25) is 0 Å². The van der Waals surface area contributed by atoms with Crippen molar-refractivity contribution in [1.29, 1.82) is 5.26 Å². The average Bonchev–Trinajstić information content (AvgIpc) is 3.51. The van der Waals surface area contributed by atoms with Gasteiger partial charge in [-0.15, -0.1) is 11.3 Å². The molecule has 12 nitrogen and oxygen atoms in total. The normalized spacial score (nSPS) is 25.1. The number of piperidine rings is 2. The van der Waals surface area contributed by atoms with Crippen LogP contribution in [-0.4, -0.2) is 80.6 Å². The van der Waals surface area contributed by atoms with Crippen molar-refractivity contribution in [3.63, 3.8) is 0 Å². The first-order valence-corrected chi connectivity index (χ1v) is 14.7. The van der Waals surface area contributed by atoms with Gasteiger partial charge in [-0.25, -0.2) is 4.98 Å². The van der Waals surface area contributed by atoms with Crippen molar-refractivity contribution < 1.29 is 13.5 Å². The number of nitrogens with zero attached hydrogens (tertiary/aromatic N) is 7. The zero-order valence-electron chi connectivity index (χ0n) is 20.4. The van der Waals surface area contributed by atoms with Crippen LogP contribution in [0.5, 0.6) is 0 Å². The van der Waals surface area contributed by atoms with Gasteiger partial charge in [0, 0.05) is 44.3 Å². The van der Waals surface area contributed by atoms with Gasteiger partial charge in [-0.3, -0.25) is 5.10 Å². The standard InChI is InChI=1S/C23H29N9O3S2/c1-30(23-26-21(19-5-6-36-22(19)27-23)25-20-7-15(13-33)28-29-20)18-8-16-3-2-4-17(9-18)32(16)37(34,35)31-11-14(10-24)12-31/h5-7,14,16-18,33H,2-4,8-9,11-13H2,1H3,(H2,25,26,27,28,29)/t16-,17+,18-. The third-order valence-corrected chi connectivity index (χ3v) is 10.6. The number of thiophene rings is 1. The highest BCUT2D eigenvalue weighted by Gasteiger charge is 2.50. The van der Waals surface area contributed by atoms with Crippen molar-refractivity contribution in [3.8, 4) is 6.07 Å². The van der Waals surface area contributed by atoms with Crippen LogP contribution >= 0.6 is 11.3 Å². The lowest BCUT2D eigenvalue weighted by atomic mass is 9.83. The van der Waals surface area contributed by atoms with E-state index in [9.17, 15) is 13.5 Å². The Morgan fingerprint density at radius 3 is 2.73 bits per heavy atom. The molecule has 3 saturated heterocycles. The van der Waals surface area contributed by atoms with Gasteiger partial charge in [0.05, 0.1) is 29.7 Å². The Kier molecular flexibility index (Phi) is 6.28. The number of fused-ring (bicyclic) bond motifs is 3. The Morgan fingerprint density at radius 2 is 2.05 bits per heavy atom. The molecular formula is C23H29N9O3S2. The third-order valence-electron chi connectivity index (χ3n) is 7.73. The predicted octanol–water partition coefficient (Wildman–Crippen LogP) is 2.17. The Balaban J connectivity index is 1.24. The molecular weight excluding hydrogens is 514 g/mol. The van der Waals surface area contributed by atoms with Gasteiger partial charge in [0.1, 0.15) is 10.6 Å². The molecule has 196 valence electrons. The average molecular weight is 544 g/mol. The molecule has 3 aliphatic heterocycles. The number of aromatic nitrogens is 4. The smallest absolute Gasteiger partial charge is 0.282 e. The van der Waals surface area contributed by atoms with Gasteiger partial charge < -0.3 is 15.3 Å². The Hall–Kier alpha value is -2.83. The van der Waals surface area contributed by atoms with Crippen LogP contribution in [0.25, 0.3) is 10.2 Å². The minimum Gasteiger partial charge on any atom is -0.390 e. The van der Waals surface area contributed by atoms with Crippen molar-refractivity contribution >= 4 is 49.3 Å². The second kappa shape index (κ2) is 9.48. The van der Waals surface area contributed by atoms with Crippen molar-refractivity contribution in [2.24, 2.45) is 5.92 Å².